The van der Waals surface area contributed by atoms with Crippen molar-refractivity contribution in [3.8, 4) is 33.4 Å². The van der Waals surface area contributed by atoms with Gasteiger partial charge in [-0.25, -0.2) is 0 Å². The topological polar surface area (TPSA) is 0 Å². The summed E-state index contributed by atoms with van der Waals surface area (Å²) in [5, 5.41) is 7.80. The Morgan fingerprint density at radius 2 is 0.872 bits per heavy atom. The van der Waals surface area contributed by atoms with Crippen LogP contribution in [0.2, 0.25) is 0 Å². The highest BCUT2D eigenvalue weighted by molar-refractivity contribution is 6.21. The second-order valence-electron chi connectivity index (χ2n) is 11.3. The molecular formula is C39H28. The first kappa shape index (κ1) is 22.3. The summed E-state index contributed by atoms with van der Waals surface area (Å²) in [5.41, 5.74) is 10.7. The molecule has 0 unspecified atom stereocenters. The average molecular weight is 497 g/mol. The van der Waals surface area contributed by atoms with Crippen LogP contribution in [-0.4, -0.2) is 0 Å². The van der Waals surface area contributed by atoms with Crippen LogP contribution in [0.15, 0.2) is 133 Å². The number of hydrogen-bond donors (Lipinski definition) is 0. The first-order valence-corrected chi connectivity index (χ1v) is 13.8. The standard InChI is InChI=1S/C39H28/c1-39(2)35-21-20-28(23-33(35)34-22-26-14-6-7-15-27(26)24-36(34)39)38-31-18-10-8-16-29(31)37(25-12-4-3-5-13-25)30-17-9-11-19-32(30)38/h3-24H,1-2H3. The third-order valence-electron chi connectivity index (χ3n) is 8.82. The molecule has 0 fully saturated rings. The molecule has 0 saturated carbocycles. The van der Waals surface area contributed by atoms with Crippen LogP contribution in [0.3, 0.4) is 0 Å². The van der Waals surface area contributed by atoms with Gasteiger partial charge in [0.2, 0.25) is 0 Å². The maximum absolute atomic E-state index is 2.45. The minimum Gasteiger partial charge on any atom is -0.0622 e. The van der Waals surface area contributed by atoms with Gasteiger partial charge in [-0.15, -0.1) is 0 Å². The first-order chi connectivity index (χ1) is 19.1. The van der Waals surface area contributed by atoms with E-state index in [4.69, 9.17) is 0 Å². The fourth-order valence-electron chi connectivity index (χ4n) is 6.95. The third kappa shape index (κ3) is 3.18. The van der Waals surface area contributed by atoms with E-state index in [1.54, 1.807) is 0 Å². The Balaban J connectivity index is 1.45. The summed E-state index contributed by atoms with van der Waals surface area (Å²) < 4.78 is 0. The van der Waals surface area contributed by atoms with E-state index in [0.29, 0.717) is 0 Å². The number of hydrogen-bond acceptors (Lipinski definition) is 0. The Hall–Kier alpha value is -4.68. The molecule has 0 saturated heterocycles. The molecule has 0 heterocycles. The lowest BCUT2D eigenvalue weighted by Gasteiger charge is -2.22. The third-order valence-corrected chi connectivity index (χ3v) is 8.82. The highest BCUT2D eigenvalue weighted by atomic mass is 14.4. The van der Waals surface area contributed by atoms with Crippen molar-refractivity contribution >= 4 is 32.3 Å². The molecule has 0 aliphatic heterocycles. The lowest BCUT2D eigenvalue weighted by Crippen LogP contribution is -2.14. The van der Waals surface area contributed by atoms with E-state index in [-0.39, 0.29) is 5.41 Å². The normalized spacial score (nSPS) is 13.6. The summed E-state index contributed by atoms with van der Waals surface area (Å²) in [6, 6.07) is 49.4. The Morgan fingerprint density at radius 1 is 0.385 bits per heavy atom. The minimum absolute atomic E-state index is 0.0332. The summed E-state index contributed by atoms with van der Waals surface area (Å²) in [5.74, 6) is 0. The van der Waals surface area contributed by atoms with Crippen LogP contribution < -0.4 is 0 Å². The van der Waals surface area contributed by atoms with E-state index < -0.39 is 0 Å². The van der Waals surface area contributed by atoms with Crippen molar-refractivity contribution in [2.24, 2.45) is 0 Å². The van der Waals surface area contributed by atoms with Gasteiger partial charge in [-0.3, -0.25) is 0 Å². The fraction of sp³-hybridized carbons (Fsp3) is 0.0769. The van der Waals surface area contributed by atoms with Gasteiger partial charge < -0.3 is 0 Å². The SMILES string of the molecule is CC1(C)c2ccc(-c3c4ccccc4c(-c4ccccc4)c4ccccc34)cc2-c2cc3ccccc3cc21. The molecule has 0 spiro atoms. The molecule has 0 atom stereocenters. The van der Waals surface area contributed by atoms with Gasteiger partial charge in [-0.2, -0.15) is 0 Å². The van der Waals surface area contributed by atoms with Crippen molar-refractivity contribution in [2.75, 3.05) is 0 Å². The highest BCUT2D eigenvalue weighted by Crippen LogP contribution is 2.52. The van der Waals surface area contributed by atoms with E-state index in [1.807, 2.05) is 0 Å². The molecular weight excluding hydrogens is 468 g/mol. The summed E-state index contributed by atoms with van der Waals surface area (Å²) in [6.07, 6.45) is 0. The van der Waals surface area contributed by atoms with Gasteiger partial charge in [0.25, 0.3) is 0 Å². The van der Waals surface area contributed by atoms with Crippen molar-refractivity contribution in [1.82, 2.24) is 0 Å². The van der Waals surface area contributed by atoms with Crippen molar-refractivity contribution in [2.45, 2.75) is 19.3 Å². The van der Waals surface area contributed by atoms with Gasteiger partial charge in [0.1, 0.15) is 0 Å². The molecule has 0 aromatic heterocycles. The zero-order valence-corrected chi connectivity index (χ0v) is 22.2. The fourth-order valence-corrected chi connectivity index (χ4v) is 6.95. The maximum Gasteiger partial charge on any atom is 0.0159 e. The minimum atomic E-state index is -0.0332. The summed E-state index contributed by atoms with van der Waals surface area (Å²) in [4.78, 5) is 0. The van der Waals surface area contributed by atoms with Crippen LogP contribution in [0.4, 0.5) is 0 Å². The average Bonchev–Trinajstić information content (AvgIpc) is 3.20. The van der Waals surface area contributed by atoms with E-state index >= 15 is 0 Å². The van der Waals surface area contributed by atoms with Gasteiger partial charge in [-0.1, -0.05) is 129 Å². The molecule has 7 aromatic carbocycles. The number of benzene rings is 7. The first-order valence-electron chi connectivity index (χ1n) is 13.8. The van der Waals surface area contributed by atoms with Crippen LogP contribution in [0.25, 0.3) is 65.7 Å². The molecule has 7 aromatic rings. The monoisotopic (exact) mass is 496 g/mol. The van der Waals surface area contributed by atoms with E-state index in [2.05, 4.69) is 147 Å². The predicted molar refractivity (Wildman–Crippen MR) is 167 cm³/mol. The molecule has 1 aliphatic carbocycles. The predicted octanol–water partition coefficient (Wildman–Crippen LogP) is 10.8. The molecule has 39 heavy (non-hydrogen) atoms. The smallest absolute Gasteiger partial charge is 0.0159 e. The molecule has 0 bridgehead atoms. The zero-order chi connectivity index (χ0) is 26.1. The van der Waals surface area contributed by atoms with Gasteiger partial charge in [0, 0.05) is 5.41 Å². The van der Waals surface area contributed by atoms with Crippen LogP contribution in [0, 0.1) is 0 Å². The Bertz CT molecular complexity index is 2020. The molecule has 1 aliphatic rings. The van der Waals surface area contributed by atoms with Crippen LogP contribution >= 0.6 is 0 Å². The summed E-state index contributed by atoms with van der Waals surface area (Å²) in [7, 11) is 0. The Labute approximate surface area is 229 Å². The number of fused-ring (bicyclic) bond motifs is 6. The molecule has 184 valence electrons. The van der Waals surface area contributed by atoms with Crippen molar-refractivity contribution in [3.05, 3.63) is 145 Å². The van der Waals surface area contributed by atoms with Crippen molar-refractivity contribution in [1.29, 1.82) is 0 Å². The quantitative estimate of drug-likeness (QED) is 0.209. The molecule has 0 radical (unpaired) electrons. The Kier molecular flexibility index (Phi) is 4.67. The molecule has 0 heteroatoms. The second kappa shape index (κ2) is 8.16. The molecule has 8 rings (SSSR count). The van der Waals surface area contributed by atoms with E-state index in [1.165, 1.54) is 76.8 Å². The largest absolute Gasteiger partial charge is 0.0622 e. The van der Waals surface area contributed by atoms with Crippen molar-refractivity contribution < 1.29 is 0 Å². The maximum atomic E-state index is 2.45. The van der Waals surface area contributed by atoms with E-state index in [0.717, 1.165) is 0 Å². The molecule has 0 nitrogen and oxygen atoms in total. The number of rotatable bonds is 2. The molecule has 0 N–H and O–H groups in total. The Morgan fingerprint density at radius 3 is 1.49 bits per heavy atom. The zero-order valence-electron chi connectivity index (χ0n) is 22.2. The lowest BCUT2D eigenvalue weighted by atomic mass is 9.81. The van der Waals surface area contributed by atoms with Crippen molar-refractivity contribution in [3.63, 3.8) is 0 Å². The van der Waals surface area contributed by atoms with Crippen LogP contribution in [-0.2, 0) is 5.41 Å². The summed E-state index contributed by atoms with van der Waals surface area (Å²) in [6.45, 7) is 4.73. The highest BCUT2D eigenvalue weighted by Gasteiger charge is 2.36. The second-order valence-corrected chi connectivity index (χ2v) is 11.3. The van der Waals surface area contributed by atoms with E-state index in [9.17, 15) is 0 Å². The van der Waals surface area contributed by atoms with Gasteiger partial charge in [0.05, 0.1) is 0 Å². The molecule has 0 amide bonds. The summed E-state index contributed by atoms with van der Waals surface area (Å²) >= 11 is 0. The van der Waals surface area contributed by atoms with Crippen LogP contribution in [0.5, 0.6) is 0 Å². The van der Waals surface area contributed by atoms with Gasteiger partial charge in [0.15, 0.2) is 0 Å². The van der Waals surface area contributed by atoms with Gasteiger partial charge in [-0.05, 0) is 95.0 Å². The lowest BCUT2D eigenvalue weighted by molar-refractivity contribution is 0.661. The van der Waals surface area contributed by atoms with Crippen LogP contribution in [0.1, 0.15) is 25.0 Å². The van der Waals surface area contributed by atoms with Gasteiger partial charge >= 0.3 is 0 Å².